The van der Waals surface area contributed by atoms with Gasteiger partial charge in [-0.2, -0.15) is 13.2 Å². The molecule has 34 heteroatoms. The van der Waals surface area contributed by atoms with Gasteiger partial charge in [0, 0.05) is 103 Å². The quantitative estimate of drug-likeness (QED) is 0.0149. The zero-order valence-corrected chi connectivity index (χ0v) is 80.0. The summed E-state index contributed by atoms with van der Waals surface area (Å²) in [5.74, 6) is -5.05. The number of carbonyl (C=O) groups is 9. The Morgan fingerprint density at radius 1 is 0.280 bits per heavy atom. The number of aliphatic carboxylic acids is 4. The molecular formula is C116H92F5LiN10O18. The summed E-state index contributed by atoms with van der Waals surface area (Å²) in [6.07, 6.45) is -4.18. The van der Waals surface area contributed by atoms with E-state index in [1.165, 1.54) is 30.3 Å². The topological polar surface area (TPSA) is 435 Å². The number of benzene rings is 16. The van der Waals surface area contributed by atoms with Gasteiger partial charge in [0.25, 0.3) is 0 Å². The van der Waals surface area contributed by atoms with Crippen LogP contribution in [0.15, 0.2) is 346 Å². The van der Waals surface area contributed by atoms with Crippen LogP contribution in [-0.4, -0.2) is 123 Å². The molecule has 0 unspecified atom stereocenters. The second kappa shape index (κ2) is 45.5. The molecular weight excluding hydrogens is 1920 g/mol. The van der Waals surface area contributed by atoms with Crippen molar-refractivity contribution in [2.75, 3.05) is 26.4 Å². The van der Waals surface area contributed by atoms with Crippen LogP contribution in [0.4, 0.5) is 22.0 Å². The standard InChI is InChI=1S/C28H22N2O5.C22H17F3N2O.2C22H17FN2O4.C22H18N2O4.Li.H/c29-28(33)21-11-5-12-22-26(21)27-23(13-6-14-24(27)34-17-25(31)32)30(22)16-18-7-4-10-20(15-18)35-19-8-2-1-3-9-19;23-22(24,25)17-9-3-1-6-14(17)12-13-27-18-10-4-2-7-15(18)20-16(21(26)28)8-5-11-19(20)27;23-14-5-1-4-13(10-14)11-25-16-7-2-6-15(22(24)28)20(16)21-17(25)8-3-9-18(21)29-12-19(26)27;23-15-7-2-1-5-13(15)11-25-16-8-3-6-14(22(24)28)20(16)21-17(25)9-4-10-18(21)29-12-19(26)27;23-22(27)15-8-4-9-16-20(15)21-17(10-5-11-18(21)28-13-19(25)26)24(16)12-14-6-2-1-3-7-14;;/h1-15H,16-17H2,(H2,29,33)(H,31,32);1-11H,12-13H2,(H2,26,28);2*1-10H,11-12H2,(H2,24,28)(H,26,27);1-11H,12-13H2,(H2,23,27)(H,25,26);;/q;;;;;+1;-1. The number of carbonyl (C=O) groups excluding carboxylic acids is 5. The maximum absolute atomic E-state index is 14.3. The van der Waals surface area contributed by atoms with Crippen molar-refractivity contribution in [1.82, 2.24) is 22.8 Å². The molecule has 21 aromatic rings. The molecule has 5 heterocycles. The van der Waals surface area contributed by atoms with E-state index in [0.29, 0.717) is 142 Å². The molecule has 28 nitrogen and oxygen atoms in total. The molecule has 0 aliphatic rings. The molecule has 0 saturated carbocycles. The fourth-order valence-electron chi connectivity index (χ4n) is 18.8. The van der Waals surface area contributed by atoms with E-state index in [-0.39, 0.29) is 56.0 Å². The summed E-state index contributed by atoms with van der Waals surface area (Å²) in [4.78, 5) is 105. The molecule has 21 rings (SSSR count). The largest absolute Gasteiger partial charge is 1.00 e. The summed E-state index contributed by atoms with van der Waals surface area (Å²) in [6.45, 7) is -0.0279. The second-order valence-corrected chi connectivity index (χ2v) is 34.3. The predicted octanol–water partition coefficient (Wildman–Crippen LogP) is 18.0. The third kappa shape index (κ3) is 22.4. The number of aromatic nitrogens is 5. The minimum Gasteiger partial charge on any atom is -1.00 e. The van der Waals surface area contributed by atoms with Crippen molar-refractivity contribution in [3.05, 3.63) is 419 Å². The van der Waals surface area contributed by atoms with Crippen molar-refractivity contribution in [3.8, 4) is 34.5 Å². The molecule has 150 heavy (non-hydrogen) atoms. The molecule has 0 radical (unpaired) electrons. The Morgan fingerprint density at radius 2 is 0.573 bits per heavy atom. The van der Waals surface area contributed by atoms with E-state index in [2.05, 4.69) is 9.13 Å². The molecule has 5 amide bonds. The molecule has 14 N–H and O–H groups in total. The number of ether oxygens (including phenoxy) is 5. The molecule has 0 fully saturated rings. The number of nitrogens with two attached hydrogens (primary N) is 5. The van der Waals surface area contributed by atoms with E-state index in [1.54, 1.807) is 133 Å². The van der Waals surface area contributed by atoms with Crippen LogP contribution in [-0.2, 0) is 64.5 Å². The molecule has 750 valence electrons. The van der Waals surface area contributed by atoms with E-state index in [0.717, 1.165) is 77.9 Å². The van der Waals surface area contributed by atoms with Crippen LogP contribution >= 0.6 is 0 Å². The summed E-state index contributed by atoms with van der Waals surface area (Å²) >= 11 is 0. The van der Waals surface area contributed by atoms with Gasteiger partial charge in [0.15, 0.2) is 26.4 Å². The fraction of sp³-hybridized carbons (Fsp3) is 0.0948. The van der Waals surface area contributed by atoms with Gasteiger partial charge in [0.05, 0.1) is 77.8 Å². The summed E-state index contributed by atoms with van der Waals surface area (Å²) in [5.41, 5.74) is 40.4. The zero-order chi connectivity index (χ0) is 105. The Hall–Kier alpha value is -19.0. The van der Waals surface area contributed by atoms with Gasteiger partial charge in [0.1, 0.15) is 46.1 Å². The number of fused-ring (bicyclic) bond motifs is 15. The van der Waals surface area contributed by atoms with Crippen LogP contribution in [0.5, 0.6) is 34.5 Å². The third-order valence-electron chi connectivity index (χ3n) is 24.9. The number of aryl methyl sites for hydroxylation is 2. The van der Waals surface area contributed by atoms with E-state index < -0.39 is 91.6 Å². The van der Waals surface area contributed by atoms with Crippen LogP contribution in [0.25, 0.3) is 109 Å². The van der Waals surface area contributed by atoms with Gasteiger partial charge in [-0.3, -0.25) is 24.0 Å². The van der Waals surface area contributed by atoms with Crippen LogP contribution in [0.3, 0.4) is 0 Å². The summed E-state index contributed by atoms with van der Waals surface area (Å²) < 4.78 is 106. The minimum atomic E-state index is -4.39. The van der Waals surface area contributed by atoms with Gasteiger partial charge in [0.2, 0.25) is 29.5 Å². The molecule has 5 aromatic heterocycles. The number of nitrogens with zero attached hydrogens (tertiary/aromatic N) is 5. The first-order valence-electron chi connectivity index (χ1n) is 46.4. The van der Waals surface area contributed by atoms with E-state index in [1.807, 2.05) is 190 Å². The molecule has 0 bridgehead atoms. The van der Waals surface area contributed by atoms with Crippen molar-refractivity contribution in [3.63, 3.8) is 0 Å². The van der Waals surface area contributed by atoms with Crippen LogP contribution in [0, 0.1) is 11.6 Å². The minimum absolute atomic E-state index is 0. The molecule has 0 aliphatic carbocycles. The fourth-order valence-corrected chi connectivity index (χ4v) is 18.8. The monoisotopic (exact) mass is 2010 g/mol. The van der Waals surface area contributed by atoms with Gasteiger partial charge < -0.3 is 97.0 Å². The zero-order valence-electron chi connectivity index (χ0n) is 81.0. The Morgan fingerprint density at radius 3 is 0.960 bits per heavy atom. The van der Waals surface area contributed by atoms with Crippen LogP contribution in [0.1, 0.15) is 86.6 Å². The number of primary amides is 5. The first-order valence-corrected chi connectivity index (χ1v) is 46.4. The number of carboxylic acids is 4. The molecule has 16 aromatic carbocycles. The number of para-hydroxylation sites is 2. The second-order valence-electron chi connectivity index (χ2n) is 34.3. The number of hydrogen-bond acceptors (Lipinski definition) is 14. The van der Waals surface area contributed by atoms with Gasteiger partial charge >= 0.3 is 48.9 Å². The number of alkyl halides is 3. The van der Waals surface area contributed by atoms with Crippen molar-refractivity contribution >= 4 is 162 Å². The van der Waals surface area contributed by atoms with Gasteiger partial charge in [-0.25, -0.2) is 28.0 Å². The smallest absolute Gasteiger partial charge is 1.00 e. The molecule has 0 atom stereocenters. The Labute approximate surface area is 863 Å². The van der Waals surface area contributed by atoms with Crippen molar-refractivity contribution in [2.24, 2.45) is 28.7 Å². The maximum Gasteiger partial charge on any atom is 1.00 e. The van der Waals surface area contributed by atoms with Crippen molar-refractivity contribution < 1.29 is 130 Å². The maximum atomic E-state index is 14.3. The molecule has 0 saturated heterocycles. The average Bonchev–Trinajstić information content (AvgIpc) is 1.58. The van der Waals surface area contributed by atoms with Crippen molar-refractivity contribution in [2.45, 2.75) is 45.3 Å². The number of carboxylic acid groups (broad SMARTS) is 4. The van der Waals surface area contributed by atoms with Crippen molar-refractivity contribution in [1.29, 1.82) is 0 Å². The first kappa shape index (κ1) is 104. The van der Waals surface area contributed by atoms with E-state index in [4.69, 9.17) is 72.8 Å². The Kier molecular flexibility index (Phi) is 31.5. The number of hydrogen-bond donors (Lipinski definition) is 9. The number of halogens is 5. The SMILES string of the molecule is NC(=O)c1cccc2c1c1c(OCC(=O)O)cccc1n2Cc1cccc(F)c1.NC(=O)c1cccc2c1c1c(OCC(=O)O)cccc1n2Cc1cccc(Oc2ccccc2)c1.NC(=O)c1cccc2c1c1c(OCC(=O)O)cccc1n2Cc1ccccc1.NC(=O)c1cccc2c1c1c(OCC(=O)O)cccc1n2Cc1ccccc1F.NC(=O)c1cccc2c1c1ccccc1n2CCc1ccccc1C(F)(F)F.[H-].[Li+]. The van der Waals surface area contributed by atoms with Crippen LogP contribution < -0.4 is 71.2 Å². The summed E-state index contributed by atoms with van der Waals surface area (Å²) in [5, 5.41) is 42.6. The summed E-state index contributed by atoms with van der Waals surface area (Å²) in [7, 11) is 0. The predicted molar refractivity (Wildman–Crippen MR) is 557 cm³/mol. The van der Waals surface area contributed by atoms with Gasteiger partial charge in [-0.15, -0.1) is 0 Å². The van der Waals surface area contributed by atoms with Crippen LogP contribution in [0.2, 0.25) is 0 Å². The van der Waals surface area contributed by atoms with E-state index in [9.17, 15) is 65.1 Å². The van der Waals surface area contributed by atoms with E-state index >= 15 is 0 Å². The normalized spacial score (nSPS) is 11.1. The Balaban J connectivity index is 0.000000141. The van der Waals surface area contributed by atoms with Gasteiger partial charge in [-0.1, -0.05) is 182 Å². The summed E-state index contributed by atoms with van der Waals surface area (Å²) in [6, 6.07) is 101. The first-order chi connectivity index (χ1) is 71.9. The molecule has 0 spiro atoms. The molecule has 0 aliphatic heterocycles. The van der Waals surface area contributed by atoms with Gasteiger partial charge in [-0.05, 0) is 192 Å². The number of rotatable bonds is 30. The third-order valence-corrected chi connectivity index (χ3v) is 24.9. The average molecular weight is 2020 g/mol. The number of amides is 5. The Bertz CT molecular complexity index is 8840.